The molecule has 0 aliphatic carbocycles. The Morgan fingerprint density at radius 1 is 1.46 bits per heavy atom. The van der Waals surface area contributed by atoms with E-state index in [1.165, 1.54) is 0 Å². The summed E-state index contributed by atoms with van der Waals surface area (Å²) in [5, 5.41) is 10.3. The van der Waals surface area contributed by atoms with E-state index in [2.05, 4.69) is 11.9 Å². The summed E-state index contributed by atoms with van der Waals surface area (Å²) in [5.41, 5.74) is 0.252. The Kier molecular flexibility index (Phi) is 3.43. The highest BCUT2D eigenvalue weighted by Gasteiger charge is 2.25. The first kappa shape index (κ1) is 10.2. The van der Waals surface area contributed by atoms with Gasteiger partial charge in [0.2, 0.25) is 0 Å². The predicted octanol–water partition coefficient (Wildman–Crippen LogP) is 2.48. The molecular formula is C11H17NO. The zero-order valence-electron chi connectivity index (χ0n) is 8.33. The Hall–Kier alpha value is -0.890. The lowest BCUT2D eigenvalue weighted by atomic mass is 9.88. The minimum Gasteiger partial charge on any atom is -0.385 e. The number of aromatic nitrogens is 1. The first-order valence-electron chi connectivity index (χ1n) is 4.86. The molecule has 0 saturated carbocycles. The maximum absolute atomic E-state index is 10.3. The summed E-state index contributed by atoms with van der Waals surface area (Å²) in [7, 11) is 0. The Morgan fingerprint density at radius 2 is 2.23 bits per heavy atom. The van der Waals surface area contributed by atoms with Gasteiger partial charge in [-0.05, 0) is 18.9 Å². The van der Waals surface area contributed by atoms with Gasteiger partial charge < -0.3 is 5.11 Å². The molecule has 2 heteroatoms. The maximum atomic E-state index is 10.3. The SMILES string of the molecule is CCCC(O)(CC)c1cccnc1. The van der Waals surface area contributed by atoms with Crippen molar-refractivity contribution in [1.29, 1.82) is 0 Å². The minimum absolute atomic E-state index is 0.678. The average Bonchev–Trinajstić information content (AvgIpc) is 2.19. The first-order chi connectivity index (χ1) is 6.23. The topological polar surface area (TPSA) is 33.1 Å². The second kappa shape index (κ2) is 4.38. The molecule has 2 nitrogen and oxygen atoms in total. The Balaban J connectivity index is 2.89. The van der Waals surface area contributed by atoms with Crippen molar-refractivity contribution < 1.29 is 5.11 Å². The molecular weight excluding hydrogens is 162 g/mol. The van der Waals surface area contributed by atoms with Crippen molar-refractivity contribution in [2.45, 2.75) is 38.7 Å². The molecule has 13 heavy (non-hydrogen) atoms. The van der Waals surface area contributed by atoms with E-state index in [1.807, 2.05) is 19.1 Å². The van der Waals surface area contributed by atoms with Crippen molar-refractivity contribution in [3.8, 4) is 0 Å². The summed E-state index contributed by atoms with van der Waals surface area (Å²) in [4.78, 5) is 4.02. The van der Waals surface area contributed by atoms with Gasteiger partial charge in [0.25, 0.3) is 0 Å². The van der Waals surface area contributed by atoms with Crippen LogP contribution in [0.15, 0.2) is 24.5 Å². The van der Waals surface area contributed by atoms with Gasteiger partial charge in [0.05, 0.1) is 5.60 Å². The highest BCUT2D eigenvalue weighted by molar-refractivity contribution is 5.17. The molecule has 1 N–H and O–H groups in total. The maximum Gasteiger partial charge on any atom is 0.0908 e. The fourth-order valence-electron chi connectivity index (χ4n) is 1.58. The monoisotopic (exact) mass is 179 g/mol. The molecule has 1 aromatic rings. The van der Waals surface area contributed by atoms with Crippen LogP contribution in [-0.4, -0.2) is 10.1 Å². The Bertz CT molecular complexity index is 248. The second-order valence-corrected chi connectivity index (χ2v) is 3.38. The fraction of sp³-hybridized carbons (Fsp3) is 0.545. The van der Waals surface area contributed by atoms with Crippen LogP contribution in [0.1, 0.15) is 38.7 Å². The van der Waals surface area contributed by atoms with Gasteiger partial charge in [-0.25, -0.2) is 0 Å². The third-order valence-electron chi connectivity index (χ3n) is 2.45. The Morgan fingerprint density at radius 3 is 2.69 bits per heavy atom. The summed E-state index contributed by atoms with van der Waals surface area (Å²) in [6.45, 7) is 4.08. The third-order valence-corrected chi connectivity index (χ3v) is 2.45. The van der Waals surface area contributed by atoms with Crippen molar-refractivity contribution in [3.05, 3.63) is 30.1 Å². The second-order valence-electron chi connectivity index (χ2n) is 3.38. The summed E-state index contributed by atoms with van der Waals surface area (Å²) in [6, 6.07) is 3.80. The lowest BCUT2D eigenvalue weighted by molar-refractivity contribution is 0.0223. The number of hydrogen-bond donors (Lipinski definition) is 1. The van der Waals surface area contributed by atoms with Crippen molar-refractivity contribution in [3.63, 3.8) is 0 Å². The molecule has 0 aliphatic rings. The molecule has 1 unspecified atom stereocenters. The summed E-state index contributed by atoms with van der Waals surface area (Å²) >= 11 is 0. The van der Waals surface area contributed by atoms with Gasteiger partial charge in [-0.1, -0.05) is 26.3 Å². The summed E-state index contributed by atoms with van der Waals surface area (Å²) in [6.07, 6.45) is 6.01. The molecule has 0 aliphatic heterocycles. The zero-order chi connectivity index (χ0) is 9.73. The lowest BCUT2D eigenvalue weighted by Crippen LogP contribution is -2.24. The van der Waals surface area contributed by atoms with Gasteiger partial charge in [-0.2, -0.15) is 0 Å². The molecule has 0 spiro atoms. The molecule has 0 amide bonds. The largest absolute Gasteiger partial charge is 0.385 e. The quantitative estimate of drug-likeness (QED) is 0.770. The third kappa shape index (κ3) is 2.28. The molecule has 1 rings (SSSR count). The van der Waals surface area contributed by atoms with Crippen LogP contribution in [0.5, 0.6) is 0 Å². The van der Waals surface area contributed by atoms with Crippen LogP contribution >= 0.6 is 0 Å². The van der Waals surface area contributed by atoms with E-state index in [-0.39, 0.29) is 0 Å². The van der Waals surface area contributed by atoms with Gasteiger partial charge >= 0.3 is 0 Å². The minimum atomic E-state index is -0.678. The molecule has 0 fully saturated rings. The molecule has 0 aromatic carbocycles. The number of rotatable bonds is 4. The molecule has 1 heterocycles. The van der Waals surface area contributed by atoms with Crippen LogP contribution in [0.25, 0.3) is 0 Å². The van der Waals surface area contributed by atoms with Crippen LogP contribution in [0, 0.1) is 0 Å². The summed E-state index contributed by atoms with van der Waals surface area (Å²) in [5.74, 6) is 0. The molecule has 0 saturated heterocycles. The number of pyridine rings is 1. The number of hydrogen-bond acceptors (Lipinski definition) is 2. The van der Waals surface area contributed by atoms with Crippen LogP contribution in [0.4, 0.5) is 0 Å². The standard InChI is InChI=1S/C11H17NO/c1-3-7-11(13,4-2)10-6-5-8-12-9-10/h5-6,8-9,13H,3-4,7H2,1-2H3. The van der Waals surface area contributed by atoms with E-state index < -0.39 is 5.60 Å². The van der Waals surface area contributed by atoms with E-state index >= 15 is 0 Å². The Labute approximate surface area is 79.6 Å². The van der Waals surface area contributed by atoms with E-state index in [4.69, 9.17) is 0 Å². The van der Waals surface area contributed by atoms with Gasteiger partial charge in [0, 0.05) is 18.0 Å². The number of nitrogens with zero attached hydrogens (tertiary/aromatic N) is 1. The van der Waals surface area contributed by atoms with Crippen molar-refractivity contribution in [2.24, 2.45) is 0 Å². The molecule has 1 aromatic heterocycles. The van der Waals surface area contributed by atoms with Crippen molar-refractivity contribution in [2.75, 3.05) is 0 Å². The lowest BCUT2D eigenvalue weighted by Gasteiger charge is -2.26. The normalized spacial score (nSPS) is 15.3. The molecule has 72 valence electrons. The van der Waals surface area contributed by atoms with Gasteiger partial charge in [-0.3, -0.25) is 4.98 Å². The van der Waals surface area contributed by atoms with Crippen LogP contribution in [0.3, 0.4) is 0 Å². The molecule has 1 atom stereocenters. The van der Waals surface area contributed by atoms with Crippen LogP contribution in [0.2, 0.25) is 0 Å². The average molecular weight is 179 g/mol. The van der Waals surface area contributed by atoms with E-state index in [0.717, 1.165) is 24.8 Å². The van der Waals surface area contributed by atoms with Crippen molar-refractivity contribution in [1.82, 2.24) is 4.98 Å². The zero-order valence-corrected chi connectivity index (χ0v) is 8.33. The number of aliphatic hydroxyl groups is 1. The fourth-order valence-corrected chi connectivity index (χ4v) is 1.58. The van der Waals surface area contributed by atoms with Gasteiger partial charge in [0.15, 0.2) is 0 Å². The van der Waals surface area contributed by atoms with Crippen molar-refractivity contribution >= 4 is 0 Å². The molecule has 0 radical (unpaired) electrons. The van der Waals surface area contributed by atoms with E-state index in [9.17, 15) is 5.11 Å². The first-order valence-corrected chi connectivity index (χ1v) is 4.86. The van der Waals surface area contributed by atoms with E-state index in [0.29, 0.717) is 0 Å². The molecule has 0 bridgehead atoms. The van der Waals surface area contributed by atoms with Gasteiger partial charge in [0.1, 0.15) is 0 Å². The predicted molar refractivity (Wildman–Crippen MR) is 53.3 cm³/mol. The van der Waals surface area contributed by atoms with Crippen LogP contribution in [-0.2, 0) is 5.60 Å². The summed E-state index contributed by atoms with van der Waals surface area (Å²) < 4.78 is 0. The van der Waals surface area contributed by atoms with Crippen LogP contribution < -0.4 is 0 Å². The van der Waals surface area contributed by atoms with Gasteiger partial charge in [-0.15, -0.1) is 0 Å². The van der Waals surface area contributed by atoms with E-state index in [1.54, 1.807) is 12.4 Å². The highest BCUT2D eigenvalue weighted by Crippen LogP contribution is 2.28. The highest BCUT2D eigenvalue weighted by atomic mass is 16.3. The smallest absolute Gasteiger partial charge is 0.0908 e.